The zero-order chi connectivity index (χ0) is 8.97. The number of nitrogens with zero attached hydrogens (tertiary/aromatic N) is 1. The van der Waals surface area contributed by atoms with Crippen LogP contribution in [0.5, 0.6) is 0 Å². The van der Waals surface area contributed by atoms with Gasteiger partial charge in [0.2, 0.25) is 0 Å². The maximum Gasteiger partial charge on any atom is 0.0641 e. The van der Waals surface area contributed by atoms with Crippen molar-refractivity contribution in [3.05, 3.63) is 35.4 Å². The first-order chi connectivity index (χ1) is 5.74. The Bertz CT molecular complexity index is 282. The first-order valence-electron chi connectivity index (χ1n) is 3.93. The number of benzene rings is 1. The molecule has 0 saturated heterocycles. The molecule has 1 rings (SSSR count). The fraction of sp³-hybridized carbons (Fsp3) is 0.300. The van der Waals surface area contributed by atoms with E-state index in [-0.39, 0.29) is 6.04 Å². The van der Waals surface area contributed by atoms with Crippen molar-refractivity contribution in [3.8, 4) is 6.07 Å². The molecule has 0 saturated carbocycles. The Morgan fingerprint density at radius 2 is 2.00 bits per heavy atom. The van der Waals surface area contributed by atoms with Crippen LogP contribution in [0.25, 0.3) is 0 Å². The van der Waals surface area contributed by atoms with Crippen LogP contribution in [0.4, 0.5) is 0 Å². The summed E-state index contributed by atoms with van der Waals surface area (Å²) in [7, 11) is 0. The molecule has 1 atom stereocenters. The lowest BCUT2D eigenvalue weighted by atomic mass is 10.0. The highest BCUT2D eigenvalue weighted by Gasteiger charge is 2.03. The van der Waals surface area contributed by atoms with Gasteiger partial charge in [-0.15, -0.1) is 0 Å². The number of nitriles is 1. The van der Waals surface area contributed by atoms with Crippen LogP contribution in [0, 0.1) is 18.3 Å². The second-order valence-electron chi connectivity index (χ2n) is 2.88. The van der Waals surface area contributed by atoms with Crippen molar-refractivity contribution in [2.24, 2.45) is 5.73 Å². The maximum atomic E-state index is 8.42. The zero-order valence-electron chi connectivity index (χ0n) is 7.12. The van der Waals surface area contributed by atoms with Crippen LogP contribution < -0.4 is 5.73 Å². The van der Waals surface area contributed by atoms with Crippen molar-refractivity contribution in [3.63, 3.8) is 0 Å². The Morgan fingerprint density at radius 1 is 1.42 bits per heavy atom. The van der Waals surface area contributed by atoms with E-state index in [1.807, 2.05) is 31.2 Å². The predicted molar refractivity (Wildman–Crippen MR) is 48.3 cm³/mol. The molecular formula is C10H12N2. The number of hydrogen-bond acceptors (Lipinski definition) is 2. The van der Waals surface area contributed by atoms with Crippen molar-refractivity contribution in [2.45, 2.75) is 19.4 Å². The highest BCUT2D eigenvalue weighted by atomic mass is 14.6. The number of rotatable bonds is 2. The molecule has 0 radical (unpaired) electrons. The molecule has 1 unspecified atom stereocenters. The van der Waals surface area contributed by atoms with Crippen LogP contribution >= 0.6 is 0 Å². The summed E-state index contributed by atoms with van der Waals surface area (Å²) in [4.78, 5) is 0. The van der Waals surface area contributed by atoms with E-state index in [0.717, 1.165) is 5.56 Å². The maximum absolute atomic E-state index is 8.42. The van der Waals surface area contributed by atoms with Crippen LogP contribution in [0.15, 0.2) is 24.3 Å². The van der Waals surface area contributed by atoms with Gasteiger partial charge in [0.25, 0.3) is 0 Å². The molecule has 0 fully saturated rings. The Labute approximate surface area is 72.6 Å². The first-order valence-corrected chi connectivity index (χ1v) is 3.93. The van der Waals surface area contributed by atoms with Crippen molar-refractivity contribution in [2.75, 3.05) is 0 Å². The molecule has 2 nitrogen and oxygen atoms in total. The fourth-order valence-corrected chi connectivity index (χ4v) is 1.03. The Morgan fingerprint density at radius 3 is 2.50 bits per heavy atom. The first kappa shape index (κ1) is 8.76. The number of aryl methyl sites for hydroxylation is 1. The van der Waals surface area contributed by atoms with Crippen LogP contribution in [-0.4, -0.2) is 0 Å². The average Bonchev–Trinajstić information content (AvgIpc) is 2.06. The summed E-state index contributed by atoms with van der Waals surface area (Å²) in [5.41, 5.74) is 7.97. The van der Waals surface area contributed by atoms with Gasteiger partial charge in [-0.25, -0.2) is 0 Å². The molecule has 0 amide bonds. The Hall–Kier alpha value is -1.33. The summed E-state index contributed by atoms with van der Waals surface area (Å²) in [6, 6.07) is 9.86. The van der Waals surface area contributed by atoms with Crippen molar-refractivity contribution in [1.82, 2.24) is 0 Å². The van der Waals surface area contributed by atoms with E-state index in [1.54, 1.807) is 0 Å². The van der Waals surface area contributed by atoms with Crippen LogP contribution in [0.2, 0.25) is 0 Å². The molecule has 0 aliphatic carbocycles. The van der Waals surface area contributed by atoms with Gasteiger partial charge in [-0.05, 0) is 12.5 Å². The summed E-state index contributed by atoms with van der Waals surface area (Å²) in [5, 5.41) is 8.42. The van der Waals surface area contributed by atoms with Crippen molar-refractivity contribution in [1.29, 1.82) is 5.26 Å². The SMILES string of the molecule is Cc1ccc(C(N)CC#N)cc1. The van der Waals surface area contributed by atoms with Gasteiger partial charge in [0, 0.05) is 6.04 Å². The average molecular weight is 160 g/mol. The van der Waals surface area contributed by atoms with Crippen LogP contribution in [0.3, 0.4) is 0 Å². The van der Waals surface area contributed by atoms with Crippen molar-refractivity contribution >= 4 is 0 Å². The predicted octanol–water partition coefficient (Wildman–Crippen LogP) is 1.91. The third kappa shape index (κ3) is 2.08. The lowest BCUT2D eigenvalue weighted by Crippen LogP contribution is -2.08. The second-order valence-corrected chi connectivity index (χ2v) is 2.88. The van der Waals surface area contributed by atoms with E-state index in [2.05, 4.69) is 6.07 Å². The second kappa shape index (κ2) is 3.89. The summed E-state index contributed by atoms with van der Waals surface area (Å²) in [5.74, 6) is 0. The summed E-state index contributed by atoms with van der Waals surface area (Å²) in [6.07, 6.45) is 0.378. The topological polar surface area (TPSA) is 49.8 Å². The van der Waals surface area contributed by atoms with E-state index in [9.17, 15) is 0 Å². The molecule has 0 spiro atoms. The molecule has 62 valence electrons. The largest absolute Gasteiger partial charge is 0.323 e. The highest BCUT2D eigenvalue weighted by Crippen LogP contribution is 2.13. The molecular weight excluding hydrogens is 148 g/mol. The smallest absolute Gasteiger partial charge is 0.0641 e. The highest BCUT2D eigenvalue weighted by molar-refractivity contribution is 5.24. The standard InChI is InChI=1S/C10H12N2/c1-8-2-4-9(5-3-8)10(12)6-7-11/h2-5,10H,6,12H2,1H3. The molecule has 0 bridgehead atoms. The van der Waals surface area contributed by atoms with E-state index >= 15 is 0 Å². The van der Waals surface area contributed by atoms with Gasteiger partial charge < -0.3 is 5.73 Å². The van der Waals surface area contributed by atoms with Gasteiger partial charge in [-0.3, -0.25) is 0 Å². The Kier molecular flexibility index (Phi) is 2.84. The third-order valence-electron chi connectivity index (χ3n) is 1.82. The lowest BCUT2D eigenvalue weighted by Gasteiger charge is -2.06. The molecule has 2 N–H and O–H groups in total. The van der Waals surface area contributed by atoms with Gasteiger partial charge in [-0.1, -0.05) is 29.8 Å². The molecule has 0 aliphatic heterocycles. The van der Waals surface area contributed by atoms with E-state index in [0.29, 0.717) is 6.42 Å². The lowest BCUT2D eigenvalue weighted by molar-refractivity contribution is 0.748. The van der Waals surface area contributed by atoms with Gasteiger partial charge >= 0.3 is 0 Å². The minimum Gasteiger partial charge on any atom is -0.323 e. The summed E-state index contributed by atoms with van der Waals surface area (Å²) >= 11 is 0. The van der Waals surface area contributed by atoms with Gasteiger partial charge in [0.15, 0.2) is 0 Å². The van der Waals surface area contributed by atoms with E-state index < -0.39 is 0 Å². The summed E-state index contributed by atoms with van der Waals surface area (Å²) in [6.45, 7) is 2.03. The van der Waals surface area contributed by atoms with E-state index in [4.69, 9.17) is 11.0 Å². The monoisotopic (exact) mass is 160 g/mol. The van der Waals surface area contributed by atoms with Gasteiger partial charge in [0.1, 0.15) is 0 Å². The molecule has 1 aromatic rings. The molecule has 1 aromatic carbocycles. The van der Waals surface area contributed by atoms with Crippen LogP contribution in [0.1, 0.15) is 23.6 Å². The molecule has 0 heterocycles. The molecule has 0 aromatic heterocycles. The van der Waals surface area contributed by atoms with Crippen LogP contribution in [-0.2, 0) is 0 Å². The quantitative estimate of drug-likeness (QED) is 0.718. The molecule has 2 heteroatoms. The Balaban J connectivity index is 2.76. The fourth-order valence-electron chi connectivity index (χ4n) is 1.03. The van der Waals surface area contributed by atoms with E-state index in [1.165, 1.54) is 5.56 Å². The minimum absolute atomic E-state index is 0.143. The van der Waals surface area contributed by atoms with Gasteiger partial charge in [-0.2, -0.15) is 5.26 Å². The van der Waals surface area contributed by atoms with Crippen molar-refractivity contribution < 1.29 is 0 Å². The molecule has 0 aliphatic rings. The normalized spacial score (nSPS) is 12.1. The van der Waals surface area contributed by atoms with Gasteiger partial charge in [0.05, 0.1) is 12.5 Å². The number of nitrogens with two attached hydrogens (primary N) is 1. The summed E-state index contributed by atoms with van der Waals surface area (Å²) < 4.78 is 0. The third-order valence-corrected chi connectivity index (χ3v) is 1.82. The zero-order valence-corrected chi connectivity index (χ0v) is 7.12. The molecule has 12 heavy (non-hydrogen) atoms. The minimum atomic E-state index is -0.143. The number of hydrogen-bond donors (Lipinski definition) is 1.